The Morgan fingerprint density at radius 2 is 2.11 bits per heavy atom. The summed E-state index contributed by atoms with van der Waals surface area (Å²) in [5, 5.41) is 3.02. The maximum Gasteiger partial charge on any atom is 0.246 e. The van der Waals surface area contributed by atoms with E-state index in [1.54, 1.807) is 19.2 Å². The highest BCUT2D eigenvalue weighted by Gasteiger charge is 2.12. The Morgan fingerprint density at radius 1 is 1.44 bits per heavy atom. The van der Waals surface area contributed by atoms with Gasteiger partial charge in [-0.15, -0.1) is 0 Å². The van der Waals surface area contributed by atoms with Crippen molar-refractivity contribution in [3.63, 3.8) is 0 Å². The Bertz CT molecular complexity index is 463. The zero-order valence-corrected chi connectivity index (χ0v) is 11.1. The Labute approximate surface area is 111 Å². The molecule has 1 rings (SSSR count). The van der Waals surface area contributed by atoms with Gasteiger partial charge < -0.3 is 16.0 Å². The molecule has 0 aliphatic heterocycles. The smallest absolute Gasteiger partial charge is 0.246 e. The molecule has 0 heterocycles. The first kappa shape index (κ1) is 14.5. The molecule has 0 aliphatic carbocycles. The van der Waals surface area contributed by atoms with Gasteiger partial charge in [-0.3, -0.25) is 9.59 Å². The van der Waals surface area contributed by atoms with Gasteiger partial charge in [0.15, 0.2) is 0 Å². The summed E-state index contributed by atoms with van der Waals surface area (Å²) in [6.07, 6.45) is 0. The number of aryl methyl sites for hydroxylation is 1. The van der Waals surface area contributed by atoms with E-state index in [1.807, 2.05) is 13.0 Å². The van der Waals surface area contributed by atoms with Crippen LogP contribution in [-0.2, 0) is 9.59 Å². The van der Waals surface area contributed by atoms with Crippen LogP contribution < -0.4 is 16.0 Å². The lowest BCUT2D eigenvalue weighted by Crippen LogP contribution is -2.40. The molecule has 0 aliphatic rings. The van der Waals surface area contributed by atoms with Gasteiger partial charge in [0.1, 0.15) is 0 Å². The average Bonchev–Trinajstić information content (AvgIpc) is 2.37. The monoisotopic (exact) mass is 269 g/mol. The van der Waals surface area contributed by atoms with E-state index in [2.05, 4.69) is 5.32 Å². The molecule has 1 aromatic carbocycles. The molecule has 5 nitrogen and oxygen atoms in total. The topological polar surface area (TPSA) is 75.4 Å². The molecule has 0 radical (unpaired) electrons. The van der Waals surface area contributed by atoms with Gasteiger partial charge >= 0.3 is 0 Å². The lowest BCUT2D eigenvalue weighted by atomic mass is 10.2. The number of nitrogens with two attached hydrogens (primary N) is 1. The molecule has 0 spiro atoms. The van der Waals surface area contributed by atoms with E-state index in [9.17, 15) is 9.59 Å². The van der Waals surface area contributed by atoms with Crippen molar-refractivity contribution in [2.24, 2.45) is 5.73 Å². The summed E-state index contributed by atoms with van der Waals surface area (Å²) in [6, 6.07) is 5.34. The van der Waals surface area contributed by atoms with Crippen LogP contribution in [0.3, 0.4) is 0 Å². The summed E-state index contributed by atoms with van der Waals surface area (Å²) >= 11 is 5.99. The fourth-order valence-electron chi connectivity index (χ4n) is 1.30. The van der Waals surface area contributed by atoms with Crippen LogP contribution in [0.5, 0.6) is 0 Å². The second-order valence-corrected chi connectivity index (χ2v) is 4.27. The van der Waals surface area contributed by atoms with E-state index in [0.29, 0.717) is 10.7 Å². The van der Waals surface area contributed by atoms with Crippen molar-refractivity contribution < 1.29 is 9.59 Å². The normalized spacial score (nSPS) is 10.0. The quantitative estimate of drug-likeness (QED) is 0.844. The number of benzene rings is 1. The summed E-state index contributed by atoms with van der Waals surface area (Å²) in [4.78, 5) is 24.2. The third-order valence-electron chi connectivity index (χ3n) is 2.54. The number of carbonyl (C=O) groups excluding carboxylic acids is 2. The Morgan fingerprint density at radius 3 is 2.67 bits per heavy atom. The van der Waals surface area contributed by atoms with Gasteiger partial charge in [0.05, 0.1) is 13.1 Å². The van der Waals surface area contributed by atoms with Gasteiger partial charge in [0.2, 0.25) is 11.8 Å². The molecular formula is C12H16ClN3O2. The molecule has 0 unspecified atom stereocenters. The molecule has 2 amide bonds. The third-order valence-corrected chi connectivity index (χ3v) is 2.95. The average molecular weight is 270 g/mol. The molecule has 0 atom stereocenters. The van der Waals surface area contributed by atoms with Crippen LogP contribution in [0.25, 0.3) is 0 Å². The molecule has 6 heteroatoms. The number of nitrogens with one attached hydrogen (secondary N) is 1. The predicted molar refractivity (Wildman–Crippen MR) is 71.7 cm³/mol. The van der Waals surface area contributed by atoms with Crippen molar-refractivity contribution in [1.29, 1.82) is 0 Å². The van der Waals surface area contributed by atoms with E-state index < -0.39 is 0 Å². The zero-order chi connectivity index (χ0) is 13.7. The third kappa shape index (κ3) is 3.72. The first-order valence-corrected chi connectivity index (χ1v) is 5.83. The van der Waals surface area contributed by atoms with E-state index >= 15 is 0 Å². The predicted octanol–water partition coefficient (Wildman–Crippen LogP) is 0.686. The van der Waals surface area contributed by atoms with Crippen LogP contribution in [-0.4, -0.2) is 32.0 Å². The van der Waals surface area contributed by atoms with Crippen LogP contribution in [0.1, 0.15) is 5.56 Å². The standard InChI is InChI=1S/C12H16ClN3O2/c1-8-3-4-9(5-10(8)13)16(2)12(18)7-15-11(17)6-14/h3-5H,6-7,14H2,1-2H3,(H,15,17). The van der Waals surface area contributed by atoms with Gasteiger partial charge in [-0.25, -0.2) is 0 Å². The summed E-state index contributed by atoms with van der Waals surface area (Å²) in [6.45, 7) is 1.67. The van der Waals surface area contributed by atoms with Crippen molar-refractivity contribution in [3.05, 3.63) is 28.8 Å². The fourth-order valence-corrected chi connectivity index (χ4v) is 1.47. The summed E-state index contributed by atoms with van der Waals surface area (Å²) in [5.41, 5.74) is 6.75. The molecule has 98 valence electrons. The highest BCUT2D eigenvalue weighted by atomic mass is 35.5. The van der Waals surface area contributed by atoms with E-state index in [-0.39, 0.29) is 24.9 Å². The first-order chi connectivity index (χ1) is 8.45. The Kier molecular flexibility index (Phi) is 5.12. The number of hydrogen-bond donors (Lipinski definition) is 2. The summed E-state index contributed by atoms with van der Waals surface area (Å²) < 4.78 is 0. The van der Waals surface area contributed by atoms with E-state index in [1.165, 1.54) is 4.90 Å². The molecule has 0 fully saturated rings. The minimum absolute atomic E-state index is 0.0853. The summed E-state index contributed by atoms with van der Waals surface area (Å²) in [5.74, 6) is -0.601. The van der Waals surface area contributed by atoms with Gasteiger partial charge in [-0.05, 0) is 24.6 Å². The first-order valence-electron chi connectivity index (χ1n) is 5.45. The second kappa shape index (κ2) is 6.37. The minimum atomic E-state index is -0.362. The van der Waals surface area contributed by atoms with E-state index in [0.717, 1.165) is 5.56 Å². The minimum Gasteiger partial charge on any atom is -0.346 e. The van der Waals surface area contributed by atoms with Crippen molar-refractivity contribution in [2.45, 2.75) is 6.92 Å². The van der Waals surface area contributed by atoms with Gasteiger partial charge in [-0.2, -0.15) is 0 Å². The lowest BCUT2D eigenvalue weighted by Gasteiger charge is -2.18. The van der Waals surface area contributed by atoms with Crippen molar-refractivity contribution >= 4 is 29.1 Å². The number of likely N-dealkylation sites (N-methyl/N-ethyl adjacent to an activating group) is 1. The molecule has 3 N–H and O–H groups in total. The fraction of sp³-hybridized carbons (Fsp3) is 0.333. The number of rotatable bonds is 4. The van der Waals surface area contributed by atoms with Gasteiger partial charge in [-0.1, -0.05) is 17.7 Å². The van der Waals surface area contributed by atoms with Crippen LogP contribution in [0.2, 0.25) is 5.02 Å². The van der Waals surface area contributed by atoms with Crippen molar-refractivity contribution in [3.8, 4) is 0 Å². The maximum atomic E-state index is 11.8. The maximum absolute atomic E-state index is 11.8. The number of hydrogen-bond acceptors (Lipinski definition) is 3. The van der Waals surface area contributed by atoms with Crippen molar-refractivity contribution in [2.75, 3.05) is 25.0 Å². The molecule has 0 aromatic heterocycles. The largest absolute Gasteiger partial charge is 0.346 e. The summed E-state index contributed by atoms with van der Waals surface area (Å²) in [7, 11) is 1.62. The molecule has 18 heavy (non-hydrogen) atoms. The van der Waals surface area contributed by atoms with Gasteiger partial charge in [0, 0.05) is 17.8 Å². The Hall–Kier alpha value is -1.59. The Balaban J connectivity index is 2.68. The number of carbonyl (C=O) groups is 2. The van der Waals surface area contributed by atoms with Crippen LogP contribution in [0.15, 0.2) is 18.2 Å². The number of halogens is 1. The van der Waals surface area contributed by atoms with Crippen LogP contribution >= 0.6 is 11.6 Å². The highest BCUT2D eigenvalue weighted by molar-refractivity contribution is 6.31. The number of anilines is 1. The zero-order valence-electron chi connectivity index (χ0n) is 10.4. The van der Waals surface area contributed by atoms with Crippen LogP contribution in [0, 0.1) is 6.92 Å². The second-order valence-electron chi connectivity index (χ2n) is 3.87. The molecule has 0 bridgehead atoms. The number of nitrogens with zero attached hydrogens (tertiary/aromatic N) is 1. The lowest BCUT2D eigenvalue weighted by molar-refractivity contribution is -0.124. The molecule has 0 saturated carbocycles. The highest BCUT2D eigenvalue weighted by Crippen LogP contribution is 2.22. The van der Waals surface area contributed by atoms with E-state index in [4.69, 9.17) is 17.3 Å². The van der Waals surface area contributed by atoms with Crippen LogP contribution in [0.4, 0.5) is 5.69 Å². The molecule has 0 saturated heterocycles. The van der Waals surface area contributed by atoms with Crippen molar-refractivity contribution in [1.82, 2.24) is 5.32 Å². The molecular weight excluding hydrogens is 254 g/mol. The molecule has 1 aromatic rings. The SMILES string of the molecule is Cc1ccc(N(C)C(=O)CNC(=O)CN)cc1Cl. The number of amides is 2. The van der Waals surface area contributed by atoms with Gasteiger partial charge in [0.25, 0.3) is 0 Å².